The van der Waals surface area contributed by atoms with E-state index in [0.29, 0.717) is 5.41 Å². The predicted octanol–water partition coefficient (Wildman–Crippen LogP) is 2.06. The third kappa shape index (κ3) is 3.44. The fourth-order valence-electron chi connectivity index (χ4n) is 3.17. The van der Waals surface area contributed by atoms with Gasteiger partial charge in [-0.15, -0.1) is 0 Å². The maximum absolute atomic E-state index is 12.0. The Morgan fingerprint density at radius 2 is 2.12 bits per heavy atom. The van der Waals surface area contributed by atoms with Gasteiger partial charge in [0.2, 0.25) is 5.91 Å². The molecule has 3 nitrogen and oxygen atoms in total. The van der Waals surface area contributed by atoms with Crippen LogP contribution in [0.25, 0.3) is 0 Å². The largest absolute Gasteiger partial charge is 0.355 e. The summed E-state index contributed by atoms with van der Waals surface area (Å²) in [6.45, 7) is 5.41. The highest BCUT2D eigenvalue weighted by Crippen LogP contribution is 2.50. The van der Waals surface area contributed by atoms with Gasteiger partial charge in [0.1, 0.15) is 0 Å². The molecule has 2 aliphatic carbocycles. The zero-order valence-corrected chi connectivity index (χ0v) is 11.2. The summed E-state index contributed by atoms with van der Waals surface area (Å²) in [5.74, 6) is 1.15. The molecule has 2 unspecified atom stereocenters. The summed E-state index contributed by atoms with van der Waals surface area (Å²) in [6, 6.07) is 0.247. The van der Waals surface area contributed by atoms with Crippen LogP contribution in [0.1, 0.15) is 52.4 Å². The fourth-order valence-corrected chi connectivity index (χ4v) is 3.17. The number of carbonyl (C=O) groups is 1. The maximum Gasteiger partial charge on any atom is 0.223 e. The molecule has 0 spiro atoms. The molecule has 2 fully saturated rings. The molecule has 0 saturated heterocycles. The number of hydrogen-bond donors (Lipinski definition) is 2. The van der Waals surface area contributed by atoms with Gasteiger partial charge in [-0.25, -0.2) is 0 Å². The first-order chi connectivity index (χ1) is 8.01. The van der Waals surface area contributed by atoms with Crippen molar-refractivity contribution < 1.29 is 4.79 Å². The van der Waals surface area contributed by atoms with Gasteiger partial charge < -0.3 is 11.1 Å². The molecule has 0 aromatic rings. The second-order valence-corrected chi connectivity index (χ2v) is 6.59. The summed E-state index contributed by atoms with van der Waals surface area (Å²) in [6.07, 6.45) is 6.69. The fraction of sp³-hybridized carbons (Fsp3) is 0.929. The van der Waals surface area contributed by atoms with Gasteiger partial charge in [0.05, 0.1) is 0 Å². The lowest BCUT2D eigenvalue weighted by Gasteiger charge is -2.19. The molecule has 0 aromatic carbocycles. The average Bonchev–Trinajstić information content (AvgIpc) is 2.86. The van der Waals surface area contributed by atoms with Gasteiger partial charge >= 0.3 is 0 Å². The first kappa shape index (κ1) is 12.9. The highest BCUT2D eigenvalue weighted by Gasteiger charge is 2.43. The Bertz CT molecular complexity index is 284. The van der Waals surface area contributed by atoms with Gasteiger partial charge in [0.15, 0.2) is 0 Å². The lowest BCUT2D eigenvalue weighted by molar-refractivity contribution is -0.125. The number of rotatable bonds is 5. The number of carbonyl (C=O) groups excluding carboxylic acids is 1. The Hall–Kier alpha value is -0.570. The first-order valence-corrected chi connectivity index (χ1v) is 7.04. The van der Waals surface area contributed by atoms with Gasteiger partial charge in [0, 0.05) is 18.5 Å². The maximum atomic E-state index is 12.0. The standard InChI is InChI=1S/C14H26N2O/c1-10(2)8-14(5-6-14)9-16-13(17)11-3-4-12(15)7-11/h10-12H,3-9,15H2,1-2H3,(H,16,17). The molecule has 2 aliphatic rings. The van der Waals surface area contributed by atoms with Crippen molar-refractivity contribution >= 4 is 5.91 Å². The summed E-state index contributed by atoms with van der Waals surface area (Å²) >= 11 is 0. The van der Waals surface area contributed by atoms with Crippen LogP contribution in [-0.2, 0) is 4.79 Å². The van der Waals surface area contributed by atoms with E-state index in [1.807, 2.05) is 0 Å². The Morgan fingerprint density at radius 1 is 1.41 bits per heavy atom. The Kier molecular flexibility index (Phi) is 3.76. The van der Waals surface area contributed by atoms with Crippen LogP contribution in [-0.4, -0.2) is 18.5 Å². The molecule has 3 N–H and O–H groups in total. The normalized spacial score (nSPS) is 30.6. The lowest BCUT2D eigenvalue weighted by atomic mass is 9.94. The van der Waals surface area contributed by atoms with E-state index in [4.69, 9.17) is 5.73 Å². The van der Waals surface area contributed by atoms with Crippen LogP contribution in [0.3, 0.4) is 0 Å². The minimum absolute atomic E-state index is 0.180. The van der Waals surface area contributed by atoms with Gasteiger partial charge in [-0.05, 0) is 49.9 Å². The van der Waals surface area contributed by atoms with Crippen LogP contribution in [0.4, 0.5) is 0 Å². The smallest absolute Gasteiger partial charge is 0.223 e. The number of amides is 1. The first-order valence-electron chi connectivity index (χ1n) is 7.04. The van der Waals surface area contributed by atoms with E-state index in [0.717, 1.165) is 31.7 Å². The van der Waals surface area contributed by atoms with Crippen LogP contribution in [0.2, 0.25) is 0 Å². The van der Waals surface area contributed by atoms with E-state index >= 15 is 0 Å². The van der Waals surface area contributed by atoms with Crippen molar-refractivity contribution in [3.63, 3.8) is 0 Å². The minimum Gasteiger partial charge on any atom is -0.355 e. The van der Waals surface area contributed by atoms with Crippen LogP contribution in [0.5, 0.6) is 0 Å². The topological polar surface area (TPSA) is 55.1 Å². The zero-order valence-electron chi connectivity index (χ0n) is 11.2. The van der Waals surface area contributed by atoms with Gasteiger partial charge in [-0.3, -0.25) is 4.79 Å². The second-order valence-electron chi connectivity index (χ2n) is 6.59. The molecule has 0 bridgehead atoms. The quantitative estimate of drug-likeness (QED) is 0.770. The van der Waals surface area contributed by atoms with Crippen LogP contribution >= 0.6 is 0 Å². The van der Waals surface area contributed by atoms with Gasteiger partial charge in [-0.2, -0.15) is 0 Å². The van der Waals surface area contributed by atoms with Crippen molar-refractivity contribution in [2.45, 2.75) is 58.4 Å². The molecule has 98 valence electrons. The summed E-state index contributed by atoms with van der Waals surface area (Å²) in [7, 11) is 0. The van der Waals surface area contributed by atoms with Crippen LogP contribution < -0.4 is 11.1 Å². The van der Waals surface area contributed by atoms with Crippen molar-refractivity contribution in [3.05, 3.63) is 0 Å². The molecule has 1 amide bonds. The summed E-state index contributed by atoms with van der Waals surface area (Å²) in [5, 5.41) is 3.16. The van der Waals surface area contributed by atoms with E-state index in [2.05, 4.69) is 19.2 Å². The molecule has 0 aliphatic heterocycles. The lowest BCUT2D eigenvalue weighted by Crippen LogP contribution is -2.35. The SMILES string of the molecule is CC(C)CC1(CNC(=O)C2CCC(N)C2)CC1. The summed E-state index contributed by atoms with van der Waals surface area (Å²) in [5.41, 5.74) is 6.28. The third-order valence-electron chi connectivity index (χ3n) is 4.28. The number of hydrogen-bond acceptors (Lipinski definition) is 2. The highest BCUT2D eigenvalue weighted by molar-refractivity contribution is 5.79. The Labute approximate surface area is 105 Å². The highest BCUT2D eigenvalue weighted by atomic mass is 16.1. The van der Waals surface area contributed by atoms with Crippen LogP contribution in [0, 0.1) is 17.3 Å². The van der Waals surface area contributed by atoms with Crippen molar-refractivity contribution in [2.24, 2.45) is 23.0 Å². The molecule has 0 aromatic heterocycles. The molecule has 3 heteroatoms. The zero-order chi connectivity index (χ0) is 12.5. The average molecular weight is 238 g/mol. The van der Waals surface area contributed by atoms with Crippen LogP contribution in [0.15, 0.2) is 0 Å². The molecule has 17 heavy (non-hydrogen) atoms. The molecule has 2 rings (SSSR count). The summed E-state index contributed by atoms with van der Waals surface area (Å²) < 4.78 is 0. The molecule has 2 saturated carbocycles. The van der Waals surface area contributed by atoms with Crippen molar-refractivity contribution in [1.29, 1.82) is 0 Å². The van der Waals surface area contributed by atoms with E-state index in [1.165, 1.54) is 19.3 Å². The van der Waals surface area contributed by atoms with Crippen molar-refractivity contribution in [2.75, 3.05) is 6.54 Å². The number of nitrogens with two attached hydrogens (primary N) is 1. The van der Waals surface area contributed by atoms with E-state index < -0.39 is 0 Å². The minimum atomic E-state index is 0.180. The molecular weight excluding hydrogens is 212 g/mol. The monoisotopic (exact) mass is 238 g/mol. The van der Waals surface area contributed by atoms with E-state index in [9.17, 15) is 4.79 Å². The van der Waals surface area contributed by atoms with Crippen molar-refractivity contribution in [3.8, 4) is 0 Å². The Morgan fingerprint density at radius 3 is 2.59 bits per heavy atom. The Balaban J connectivity index is 1.73. The predicted molar refractivity (Wildman–Crippen MR) is 69.4 cm³/mol. The van der Waals surface area contributed by atoms with E-state index in [1.54, 1.807) is 0 Å². The van der Waals surface area contributed by atoms with E-state index in [-0.39, 0.29) is 17.9 Å². The third-order valence-corrected chi connectivity index (χ3v) is 4.28. The molecule has 0 radical (unpaired) electrons. The summed E-state index contributed by atoms with van der Waals surface area (Å²) in [4.78, 5) is 12.0. The number of nitrogens with one attached hydrogen (secondary N) is 1. The second kappa shape index (κ2) is 4.97. The van der Waals surface area contributed by atoms with Crippen molar-refractivity contribution in [1.82, 2.24) is 5.32 Å². The van der Waals surface area contributed by atoms with Gasteiger partial charge in [-0.1, -0.05) is 13.8 Å². The molecule has 2 atom stereocenters. The molecular formula is C14H26N2O. The van der Waals surface area contributed by atoms with Gasteiger partial charge in [0.25, 0.3) is 0 Å². The molecule has 0 heterocycles.